The first kappa shape index (κ1) is 11.1. The van der Waals surface area contributed by atoms with E-state index in [4.69, 9.17) is 11.5 Å². The third-order valence-electron chi connectivity index (χ3n) is 2.06. The van der Waals surface area contributed by atoms with Crippen LogP contribution >= 0.6 is 0 Å². The molecule has 1 aromatic carbocycles. The summed E-state index contributed by atoms with van der Waals surface area (Å²) in [6, 6.07) is 4.98. The van der Waals surface area contributed by atoms with E-state index in [1.54, 1.807) is 18.2 Å². The van der Waals surface area contributed by atoms with Crippen molar-refractivity contribution >= 4 is 11.7 Å². The summed E-state index contributed by atoms with van der Waals surface area (Å²) >= 11 is 0. The first-order chi connectivity index (χ1) is 7.15. The molecule has 0 spiro atoms. The molecule has 3 heteroatoms. The number of terminal acetylenes is 1. The molecular weight excluding hydrogens is 190 g/mol. The molecule has 2 N–H and O–H groups in total. The van der Waals surface area contributed by atoms with Gasteiger partial charge in [0, 0.05) is 18.7 Å². The van der Waals surface area contributed by atoms with Crippen LogP contribution in [0.4, 0.5) is 5.69 Å². The summed E-state index contributed by atoms with van der Waals surface area (Å²) < 4.78 is 0. The van der Waals surface area contributed by atoms with Crippen molar-refractivity contribution in [2.75, 3.05) is 11.9 Å². The number of anilines is 1. The number of hydrogen-bond donors (Lipinski definition) is 2. The van der Waals surface area contributed by atoms with Crippen LogP contribution in [0.15, 0.2) is 18.2 Å². The fourth-order valence-corrected chi connectivity index (χ4v) is 1.26. The molecule has 0 atom stereocenters. The number of nitrogens with one attached hydrogen (secondary N) is 1. The lowest BCUT2D eigenvalue weighted by atomic mass is 10.1. The van der Waals surface area contributed by atoms with Gasteiger partial charge in [-0.25, -0.2) is 4.79 Å². The third-order valence-corrected chi connectivity index (χ3v) is 2.06. The number of rotatable bonds is 4. The standard InChI is InChI=1S/C12H13NO2/c1-3-4-7-13-11-6-5-10(12(14)15)8-9(11)2/h1,5-6,8,13H,4,7H2,2H3,(H,14,15). The topological polar surface area (TPSA) is 49.3 Å². The van der Waals surface area contributed by atoms with Crippen LogP contribution in [0.5, 0.6) is 0 Å². The molecule has 0 amide bonds. The highest BCUT2D eigenvalue weighted by Gasteiger charge is 2.04. The third kappa shape index (κ3) is 3.03. The molecule has 1 rings (SSSR count). The number of aromatic carboxylic acids is 1. The first-order valence-corrected chi connectivity index (χ1v) is 4.66. The molecule has 0 saturated heterocycles. The minimum absolute atomic E-state index is 0.301. The summed E-state index contributed by atoms with van der Waals surface area (Å²) in [6.07, 6.45) is 5.78. The Balaban J connectivity index is 2.76. The number of carbonyl (C=O) groups is 1. The molecule has 3 nitrogen and oxygen atoms in total. The molecule has 0 aliphatic rings. The predicted octanol–water partition coefficient (Wildman–Crippen LogP) is 2.13. The normalized spacial score (nSPS) is 9.33. The van der Waals surface area contributed by atoms with E-state index in [0.29, 0.717) is 18.5 Å². The maximum absolute atomic E-state index is 10.7. The van der Waals surface area contributed by atoms with Gasteiger partial charge in [0.25, 0.3) is 0 Å². The van der Waals surface area contributed by atoms with Crippen LogP contribution in [-0.4, -0.2) is 17.6 Å². The largest absolute Gasteiger partial charge is 0.478 e. The smallest absolute Gasteiger partial charge is 0.335 e. The lowest BCUT2D eigenvalue weighted by Crippen LogP contribution is -2.03. The SMILES string of the molecule is C#CCCNc1ccc(C(=O)O)cc1C. The average Bonchev–Trinajstić information content (AvgIpc) is 2.20. The van der Waals surface area contributed by atoms with Gasteiger partial charge in [-0.3, -0.25) is 0 Å². The summed E-state index contributed by atoms with van der Waals surface area (Å²) in [7, 11) is 0. The van der Waals surface area contributed by atoms with Crippen LogP contribution in [0, 0.1) is 19.3 Å². The lowest BCUT2D eigenvalue weighted by molar-refractivity contribution is 0.0697. The molecule has 0 aromatic heterocycles. The van der Waals surface area contributed by atoms with E-state index in [0.717, 1.165) is 11.3 Å². The van der Waals surface area contributed by atoms with Gasteiger partial charge in [-0.2, -0.15) is 0 Å². The summed E-state index contributed by atoms with van der Waals surface area (Å²) in [4.78, 5) is 10.7. The molecule has 0 saturated carbocycles. The first-order valence-electron chi connectivity index (χ1n) is 4.66. The lowest BCUT2D eigenvalue weighted by Gasteiger charge is -2.08. The van der Waals surface area contributed by atoms with E-state index >= 15 is 0 Å². The van der Waals surface area contributed by atoms with Crippen LogP contribution in [0.3, 0.4) is 0 Å². The number of benzene rings is 1. The Bertz CT molecular complexity index is 405. The Morgan fingerprint density at radius 2 is 2.33 bits per heavy atom. The fraction of sp³-hybridized carbons (Fsp3) is 0.250. The molecule has 0 aliphatic carbocycles. The molecule has 1 aromatic rings. The van der Waals surface area contributed by atoms with Crippen LogP contribution < -0.4 is 5.32 Å². The van der Waals surface area contributed by atoms with E-state index in [2.05, 4.69) is 11.2 Å². The molecule has 0 heterocycles. The zero-order chi connectivity index (χ0) is 11.3. The maximum atomic E-state index is 10.7. The van der Waals surface area contributed by atoms with Gasteiger partial charge in [0.05, 0.1) is 5.56 Å². The van der Waals surface area contributed by atoms with Gasteiger partial charge in [-0.1, -0.05) is 0 Å². The summed E-state index contributed by atoms with van der Waals surface area (Å²) in [5, 5.41) is 11.9. The van der Waals surface area contributed by atoms with Crippen LogP contribution in [0.2, 0.25) is 0 Å². The van der Waals surface area contributed by atoms with Gasteiger partial charge in [-0.05, 0) is 30.7 Å². The van der Waals surface area contributed by atoms with Crippen molar-refractivity contribution in [3.63, 3.8) is 0 Å². The molecule has 0 aliphatic heterocycles. The Labute approximate surface area is 89.1 Å². The van der Waals surface area contributed by atoms with Crippen molar-refractivity contribution in [1.29, 1.82) is 0 Å². The zero-order valence-corrected chi connectivity index (χ0v) is 8.58. The van der Waals surface area contributed by atoms with Crippen molar-refractivity contribution in [2.45, 2.75) is 13.3 Å². The van der Waals surface area contributed by atoms with Gasteiger partial charge in [0.2, 0.25) is 0 Å². The fourth-order valence-electron chi connectivity index (χ4n) is 1.26. The van der Waals surface area contributed by atoms with Crippen LogP contribution in [0.25, 0.3) is 0 Å². The summed E-state index contributed by atoms with van der Waals surface area (Å²) in [6.45, 7) is 2.56. The van der Waals surface area contributed by atoms with E-state index in [1.807, 2.05) is 6.92 Å². The van der Waals surface area contributed by atoms with Crippen molar-refractivity contribution in [2.24, 2.45) is 0 Å². The Kier molecular flexibility index (Phi) is 3.75. The van der Waals surface area contributed by atoms with E-state index in [-0.39, 0.29) is 0 Å². The molecule has 0 bridgehead atoms. The van der Waals surface area contributed by atoms with Crippen LogP contribution in [-0.2, 0) is 0 Å². The molecule has 78 valence electrons. The quantitative estimate of drug-likeness (QED) is 0.582. The molecule has 0 unspecified atom stereocenters. The molecule has 15 heavy (non-hydrogen) atoms. The van der Waals surface area contributed by atoms with E-state index in [9.17, 15) is 4.79 Å². The average molecular weight is 203 g/mol. The number of carboxylic acids is 1. The zero-order valence-electron chi connectivity index (χ0n) is 8.58. The van der Waals surface area contributed by atoms with Crippen molar-refractivity contribution in [1.82, 2.24) is 0 Å². The molecule has 0 fully saturated rings. The molecular formula is C12H13NO2. The highest BCUT2D eigenvalue weighted by atomic mass is 16.4. The Morgan fingerprint density at radius 1 is 1.60 bits per heavy atom. The van der Waals surface area contributed by atoms with Gasteiger partial charge in [-0.15, -0.1) is 12.3 Å². The minimum atomic E-state index is -0.909. The van der Waals surface area contributed by atoms with Crippen molar-refractivity contribution < 1.29 is 9.90 Å². The van der Waals surface area contributed by atoms with Crippen LogP contribution in [0.1, 0.15) is 22.3 Å². The second-order valence-electron chi connectivity index (χ2n) is 3.22. The second-order valence-corrected chi connectivity index (χ2v) is 3.22. The summed E-state index contributed by atoms with van der Waals surface area (Å²) in [5.74, 6) is 1.62. The maximum Gasteiger partial charge on any atom is 0.335 e. The number of aryl methyl sites for hydroxylation is 1. The second kappa shape index (κ2) is 5.06. The van der Waals surface area contributed by atoms with Gasteiger partial charge in [0.1, 0.15) is 0 Å². The Hall–Kier alpha value is -1.95. The summed E-state index contributed by atoms with van der Waals surface area (Å²) in [5.41, 5.74) is 2.14. The number of hydrogen-bond acceptors (Lipinski definition) is 2. The van der Waals surface area contributed by atoms with E-state index in [1.165, 1.54) is 0 Å². The highest BCUT2D eigenvalue weighted by Crippen LogP contribution is 2.16. The van der Waals surface area contributed by atoms with Gasteiger partial charge < -0.3 is 10.4 Å². The van der Waals surface area contributed by atoms with Crippen molar-refractivity contribution in [3.8, 4) is 12.3 Å². The van der Waals surface area contributed by atoms with Gasteiger partial charge in [0.15, 0.2) is 0 Å². The van der Waals surface area contributed by atoms with Gasteiger partial charge >= 0.3 is 5.97 Å². The van der Waals surface area contributed by atoms with Crippen molar-refractivity contribution in [3.05, 3.63) is 29.3 Å². The monoisotopic (exact) mass is 203 g/mol. The van der Waals surface area contributed by atoms with E-state index < -0.39 is 5.97 Å². The highest BCUT2D eigenvalue weighted by molar-refractivity contribution is 5.88. The minimum Gasteiger partial charge on any atom is -0.478 e. The molecule has 0 radical (unpaired) electrons. The predicted molar refractivity (Wildman–Crippen MR) is 60.1 cm³/mol. The Morgan fingerprint density at radius 3 is 2.87 bits per heavy atom. The number of carboxylic acid groups (broad SMARTS) is 1.